The second-order valence-electron chi connectivity index (χ2n) is 7.22. The number of ether oxygens (including phenoxy) is 1. The Bertz CT molecular complexity index is 515. The summed E-state index contributed by atoms with van der Waals surface area (Å²) >= 11 is 0. The minimum atomic E-state index is -0.280. The van der Waals surface area contributed by atoms with Gasteiger partial charge in [0.2, 0.25) is 0 Å². The zero-order chi connectivity index (χ0) is 16.9. The molecular formula is C17H31N5O2. The van der Waals surface area contributed by atoms with Gasteiger partial charge in [0.05, 0.1) is 19.3 Å². The number of β-amino-alcohol motifs (C(OH)–C–C–N with tert-alkyl or cyclic N) is 1. The zero-order valence-electron chi connectivity index (χ0n) is 15.0. The standard InChI is InChI=1S/C17H31N5O2/c1-14-18-15(2)22(19-14)11-16-4-3-5-21(10-16)13-17(23)12-20-6-8-24-9-7-20/h16-17,23H,3-13H2,1-2H3/t16-,17+/m1/s1. The predicted molar refractivity (Wildman–Crippen MR) is 91.9 cm³/mol. The molecule has 0 unspecified atom stereocenters. The van der Waals surface area contributed by atoms with Crippen LogP contribution in [-0.4, -0.2) is 88.3 Å². The van der Waals surface area contributed by atoms with Crippen molar-refractivity contribution in [3.8, 4) is 0 Å². The van der Waals surface area contributed by atoms with Gasteiger partial charge >= 0.3 is 0 Å². The molecule has 7 nitrogen and oxygen atoms in total. The highest BCUT2D eigenvalue weighted by Gasteiger charge is 2.24. The van der Waals surface area contributed by atoms with Gasteiger partial charge in [0.15, 0.2) is 0 Å². The van der Waals surface area contributed by atoms with Gasteiger partial charge in [0.1, 0.15) is 11.6 Å². The first-order valence-electron chi connectivity index (χ1n) is 9.18. The summed E-state index contributed by atoms with van der Waals surface area (Å²) < 4.78 is 7.40. The molecule has 0 aliphatic carbocycles. The largest absolute Gasteiger partial charge is 0.390 e. The van der Waals surface area contributed by atoms with Crippen molar-refractivity contribution in [2.24, 2.45) is 5.92 Å². The van der Waals surface area contributed by atoms with E-state index in [1.165, 1.54) is 12.8 Å². The molecule has 3 rings (SSSR count). The Hall–Kier alpha value is -1.02. The summed E-state index contributed by atoms with van der Waals surface area (Å²) in [5.74, 6) is 2.44. The minimum Gasteiger partial charge on any atom is -0.390 e. The van der Waals surface area contributed by atoms with Gasteiger partial charge in [-0.15, -0.1) is 0 Å². The lowest BCUT2D eigenvalue weighted by atomic mass is 9.97. The molecule has 2 aliphatic heterocycles. The van der Waals surface area contributed by atoms with Crippen LogP contribution < -0.4 is 0 Å². The van der Waals surface area contributed by atoms with E-state index < -0.39 is 0 Å². The quantitative estimate of drug-likeness (QED) is 0.805. The van der Waals surface area contributed by atoms with Crippen LogP contribution in [-0.2, 0) is 11.3 Å². The van der Waals surface area contributed by atoms with Gasteiger partial charge in [-0.2, -0.15) is 5.10 Å². The van der Waals surface area contributed by atoms with E-state index in [9.17, 15) is 5.11 Å². The average molecular weight is 337 g/mol. The number of piperidine rings is 1. The molecular weight excluding hydrogens is 306 g/mol. The predicted octanol–water partition coefficient (Wildman–Crippen LogP) is 0.300. The van der Waals surface area contributed by atoms with Gasteiger partial charge in [-0.1, -0.05) is 0 Å². The Labute approximate surface area is 144 Å². The van der Waals surface area contributed by atoms with Gasteiger partial charge in [-0.25, -0.2) is 9.67 Å². The highest BCUT2D eigenvalue weighted by atomic mass is 16.5. The van der Waals surface area contributed by atoms with Crippen molar-refractivity contribution in [2.75, 3.05) is 52.5 Å². The minimum absolute atomic E-state index is 0.280. The Balaban J connectivity index is 1.45. The van der Waals surface area contributed by atoms with E-state index in [0.29, 0.717) is 5.92 Å². The second kappa shape index (κ2) is 8.38. The fourth-order valence-corrected chi connectivity index (χ4v) is 3.88. The first-order chi connectivity index (χ1) is 11.6. The fourth-order valence-electron chi connectivity index (χ4n) is 3.88. The third kappa shape index (κ3) is 4.99. The van der Waals surface area contributed by atoms with E-state index >= 15 is 0 Å². The first kappa shape index (κ1) is 17.8. The summed E-state index contributed by atoms with van der Waals surface area (Å²) in [5, 5.41) is 14.9. The van der Waals surface area contributed by atoms with Crippen molar-refractivity contribution in [1.29, 1.82) is 0 Å². The monoisotopic (exact) mass is 337 g/mol. The van der Waals surface area contributed by atoms with Gasteiger partial charge < -0.3 is 14.7 Å². The highest BCUT2D eigenvalue weighted by Crippen LogP contribution is 2.19. The topological polar surface area (TPSA) is 66.7 Å². The Morgan fingerprint density at radius 2 is 1.92 bits per heavy atom. The van der Waals surface area contributed by atoms with Crippen LogP contribution in [0.2, 0.25) is 0 Å². The van der Waals surface area contributed by atoms with Crippen molar-refractivity contribution >= 4 is 0 Å². The number of morpholine rings is 1. The van der Waals surface area contributed by atoms with Crippen LogP contribution in [0, 0.1) is 19.8 Å². The van der Waals surface area contributed by atoms with Gasteiger partial charge in [-0.05, 0) is 39.2 Å². The van der Waals surface area contributed by atoms with E-state index in [-0.39, 0.29) is 6.10 Å². The number of nitrogens with zero attached hydrogens (tertiary/aromatic N) is 5. The van der Waals surface area contributed by atoms with Crippen LogP contribution >= 0.6 is 0 Å². The van der Waals surface area contributed by atoms with Crippen LogP contribution in [0.15, 0.2) is 0 Å². The summed E-state index contributed by atoms with van der Waals surface area (Å²) in [7, 11) is 0. The van der Waals surface area contributed by atoms with Crippen LogP contribution in [0.5, 0.6) is 0 Å². The maximum atomic E-state index is 10.4. The number of aromatic nitrogens is 3. The molecule has 0 spiro atoms. The van der Waals surface area contributed by atoms with Crippen LogP contribution in [0.1, 0.15) is 24.5 Å². The SMILES string of the molecule is Cc1nc(C)n(C[C@@H]2CCCN(C[C@@H](O)CN3CCOCC3)C2)n1. The van der Waals surface area contributed by atoms with E-state index in [4.69, 9.17) is 4.74 Å². The molecule has 0 radical (unpaired) electrons. The molecule has 24 heavy (non-hydrogen) atoms. The number of hydrogen-bond donors (Lipinski definition) is 1. The summed E-state index contributed by atoms with van der Waals surface area (Å²) in [5.41, 5.74) is 0. The van der Waals surface area contributed by atoms with Gasteiger partial charge in [0.25, 0.3) is 0 Å². The Morgan fingerprint density at radius 1 is 1.17 bits per heavy atom. The maximum Gasteiger partial charge on any atom is 0.147 e. The summed E-state index contributed by atoms with van der Waals surface area (Å²) in [6.07, 6.45) is 2.15. The normalized spacial score (nSPS) is 25.0. The van der Waals surface area contributed by atoms with Crippen molar-refractivity contribution in [3.05, 3.63) is 11.6 Å². The van der Waals surface area contributed by atoms with Crippen molar-refractivity contribution < 1.29 is 9.84 Å². The molecule has 0 aromatic carbocycles. The summed E-state index contributed by atoms with van der Waals surface area (Å²) in [6.45, 7) is 12.0. The van der Waals surface area contributed by atoms with Crippen molar-refractivity contribution in [3.63, 3.8) is 0 Å². The summed E-state index contributed by atoms with van der Waals surface area (Å²) in [4.78, 5) is 9.11. The molecule has 2 saturated heterocycles. The number of aliphatic hydroxyl groups is 1. The fraction of sp³-hybridized carbons (Fsp3) is 0.882. The van der Waals surface area contributed by atoms with Crippen LogP contribution in [0.25, 0.3) is 0 Å². The number of aryl methyl sites for hydroxylation is 2. The third-order valence-corrected chi connectivity index (χ3v) is 5.04. The molecule has 2 aliphatic rings. The number of aliphatic hydroxyl groups excluding tert-OH is 1. The second-order valence-corrected chi connectivity index (χ2v) is 7.22. The molecule has 2 atom stereocenters. The molecule has 3 heterocycles. The van der Waals surface area contributed by atoms with E-state index in [0.717, 1.165) is 70.7 Å². The Morgan fingerprint density at radius 3 is 2.62 bits per heavy atom. The molecule has 7 heteroatoms. The molecule has 0 amide bonds. The van der Waals surface area contributed by atoms with E-state index in [2.05, 4.69) is 19.9 Å². The molecule has 0 bridgehead atoms. The highest BCUT2D eigenvalue weighted by molar-refractivity contribution is 4.88. The van der Waals surface area contributed by atoms with Crippen LogP contribution in [0.3, 0.4) is 0 Å². The molecule has 1 N–H and O–H groups in total. The van der Waals surface area contributed by atoms with Crippen molar-refractivity contribution in [1.82, 2.24) is 24.6 Å². The lowest BCUT2D eigenvalue weighted by Gasteiger charge is -2.35. The zero-order valence-corrected chi connectivity index (χ0v) is 15.0. The molecule has 136 valence electrons. The molecule has 2 fully saturated rings. The number of hydrogen-bond acceptors (Lipinski definition) is 6. The molecule has 0 saturated carbocycles. The van der Waals surface area contributed by atoms with Gasteiger partial charge in [-0.3, -0.25) is 4.90 Å². The maximum absolute atomic E-state index is 10.4. The summed E-state index contributed by atoms with van der Waals surface area (Å²) in [6, 6.07) is 0. The van der Waals surface area contributed by atoms with Crippen molar-refractivity contribution in [2.45, 2.75) is 39.3 Å². The van der Waals surface area contributed by atoms with Crippen LogP contribution in [0.4, 0.5) is 0 Å². The Kier molecular flexibility index (Phi) is 6.21. The molecule has 1 aromatic rings. The molecule has 1 aromatic heterocycles. The average Bonchev–Trinajstić information content (AvgIpc) is 2.86. The third-order valence-electron chi connectivity index (χ3n) is 5.04. The van der Waals surface area contributed by atoms with E-state index in [1.54, 1.807) is 0 Å². The van der Waals surface area contributed by atoms with Gasteiger partial charge in [0, 0.05) is 39.3 Å². The number of rotatable bonds is 6. The number of likely N-dealkylation sites (tertiary alicyclic amines) is 1. The lowest BCUT2D eigenvalue weighted by molar-refractivity contribution is 0.00290. The lowest BCUT2D eigenvalue weighted by Crippen LogP contribution is -2.47. The smallest absolute Gasteiger partial charge is 0.147 e. The van der Waals surface area contributed by atoms with E-state index in [1.807, 2.05) is 18.5 Å². The first-order valence-corrected chi connectivity index (χ1v) is 9.18.